The highest BCUT2D eigenvalue weighted by atomic mass is 32.1. The van der Waals surface area contributed by atoms with E-state index in [1.54, 1.807) is 52.8 Å². The van der Waals surface area contributed by atoms with Crippen molar-refractivity contribution in [1.82, 2.24) is 19.9 Å². The van der Waals surface area contributed by atoms with Gasteiger partial charge in [-0.05, 0) is 34.7 Å². The van der Waals surface area contributed by atoms with Crippen LogP contribution in [-0.2, 0) is 0 Å². The van der Waals surface area contributed by atoms with Crippen molar-refractivity contribution in [2.75, 3.05) is 6.54 Å². The van der Waals surface area contributed by atoms with E-state index >= 15 is 0 Å². The molecule has 0 saturated carbocycles. The lowest BCUT2D eigenvalue weighted by Crippen LogP contribution is -2.33. The third kappa shape index (κ3) is 4.06. The molecule has 0 unspecified atom stereocenters. The second-order valence-corrected chi connectivity index (χ2v) is 7.12. The van der Waals surface area contributed by atoms with Crippen molar-refractivity contribution in [3.8, 4) is 28.0 Å². The van der Waals surface area contributed by atoms with Crippen molar-refractivity contribution in [1.29, 1.82) is 0 Å². The van der Waals surface area contributed by atoms with E-state index in [0.29, 0.717) is 16.8 Å². The molecule has 1 amide bonds. The Hall–Kier alpha value is -3.40. The molecule has 0 bridgehead atoms. The number of nitrogens with one attached hydrogen (secondary N) is 1. The number of aromatic hydroxyl groups is 1. The van der Waals surface area contributed by atoms with Gasteiger partial charge in [0.1, 0.15) is 12.3 Å². The Balaban J connectivity index is 1.60. The highest BCUT2D eigenvalue weighted by molar-refractivity contribution is 7.12. The molecule has 0 saturated heterocycles. The van der Waals surface area contributed by atoms with Gasteiger partial charge in [-0.15, -0.1) is 11.3 Å². The molecule has 0 atom stereocenters. The zero-order valence-electron chi connectivity index (χ0n) is 14.6. The topological polar surface area (TPSA) is 79.5 Å². The average molecular weight is 418 g/mol. The van der Waals surface area contributed by atoms with Crippen LogP contribution in [0.4, 0.5) is 13.2 Å². The summed E-state index contributed by atoms with van der Waals surface area (Å²) in [4.78, 5) is 16.5. The summed E-state index contributed by atoms with van der Waals surface area (Å²) in [6, 6.07) is 8.18. The SMILES string of the molecule is O=C(NCC(F)(F)F)c1cc(-c2cnn3cc(-c4ccc(O)cc4)cnc23)cs1. The molecular weight excluding hydrogens is 405 g/mol. The van der Waals surface area contributed by atoms with Crippen LogP contribution >= 0.6 is 11.3 Å². The molecule has 0 spiro atoms. The molecular formula is C19H13F3N4O2S. The minimum atomic E-state index is -4.46. The number of aromatic nitrogens is 3. The molecule has 0 fully saturated rings. The van der Waals surface area contributed by atoms with Gasteiger partial charge in [0.05, 0.1) is 11.1 Å². The molecule has 4 aromatic rings. The van der Waals surface area contributed by atoms with Crippen molar-refractivity contribution in [2.45, 2.75) is 6.18 Å². The van der Waals surface area contributed by atoms with Gasteiger partial charge in [-0.1, -0.05) is 12.1 Å². The molecule has 1 aromatic carbocycles. The summed E-state index contributed by atoms with van der Waals surface area (Å²) >= 11 is 1.05. The number of alkyl halides is 3. The summed E-state index contributed by atoms with van der Waals surface area (Å²) in [5, 5.41) is 17.2. The van der Waals surface area contributed by atoms with Gasteiger partial charge < -0.3 is 10.4 Å². The van der Waals surface area contributed by atoms with Crippen LogP contribution in [0.25, 0.3) is 27.9 Å². The number of thiophene rings is 1. The maximum Gasteiger partial charge on any atom is 0.405 e. The van der Waals surface area contributed by atoms with Crippen LogP contribution in [0.5, 0.6) is 5.75 Å². The number of benzene rings is 1. The van der Waals surface area contributed by atoms with E-state index in [1.165, 1.54) is 6.07 Å². The number of carbonyl (C=O) groups is 1. The normalized spacial score (nSPS) is 11.7. The maximum absolute atomic E-state index is 12.3. The third-order valence-corrected chi connectivity index (χ3v) is 5.07. The van der Waals surface area contributed by atoms with E-state index in [9.17, 15) is 23.1 Å². The first-order chi connectivity index (χ1) is 13.8. The smallest absolute Gasteiger partial charge is 0.405 e. The molecule has 0 radical (unpaired) electrons. The number of rotatable bonds is 4. The molecule has 0 aliphatic rings. The zero-order chi connectivity index (χ0) is 20.6. The van der Waals surface area contributed by atoms with E-state index in [4.69, 9.17) is 0 Å². The number of halogens is 3. The van der Waals surface area contributed by atoms with Gasteiger partial charge in [0.25, 0.3) is 5.91 Å². The average Bonchev–Trinajstić information content (AvgIpc) is 3.32. The van der Waals surface area contributed by atoms with Crippen molar-refractivity contribution < 1.29 is 23.1 Å². The second kappa shape index (κ2) is 7.21. The Morgan fingerprint density at radius 1 is 1.14 bits per heavy atom. The monoisotopic (exact) mass is 418 g/mol. The van der Waals surface area contributed by atoms with Crippen LogP contribution in [0.2, 0.25) is 0 Å². The maximum atomic E-state index is 12.3. The standard InChI is InChI=1S/C19H13F3N4O2S/c20-19(21,22)10-24-18(28)16-5-12(9-29-16)15-7-25-26-8-13(6-23-17(15)26)11-1-3-14(27)4-2-11/h1-9,27H,10H2,(H,24,28). The molecule has 2 N–H and O–H groups in total. The Morgan fingerprint density at radius 3 is 2.62 bits per heavy atom. The summed E-state index contributed by atoms with van der Waals surface area (Å²) in [6.07, 6.45) is 0.567. The van der Waals surface area contributed by atoms with Crippen molar-refractivity contribution in [2.24, 2.45) is 0 Å². The largest absolute Gasteiger partial charge is 0.508 e. The second-order valence-electron chi connectivity index (χ2n) is 6.21. The quantitative estimate of drug-likeness (QED) is 0.523. The first-order valence-corrected chi connectivity index (χ1v) is 9.25. The Labute approximate surface area is 166 Å². The van der Waals surface area contributed by atoms with Gasteiger partial charge in [-0.3, -0.25) is 4.79 Å². The summed E-state index contributed by atoms with van der Waals surface area (Å²) in [7, 11) is 0. The molecule has 0 aliphatic heterocycles. The molecule has 10 heteroatoms. The van der Waals surface area contributed by atoms with Crippen molar-refractivity contribution in [3.05, 3.63) is 59.2 Å². The molecule has 29 heavy (non-hydrogen) atoms. The lowest BCUT2D eigenvalue weighted by atomic mass is 10.1. The zero-order valence-corrected chi connectivity index (χ0v) is 15.5. The molecule has 148 valence electrons. The fraction of sp³-hybridized carbons (Fsp3) is 0.105. The number of nitrogens with zero attached hydrogens (tertiary/aromatic N) is 3. The summed E-state index contributed by atoms with van der Waals surface area (Å²) in [5.74, 6) is -0.616. The highest BCUT2D eigenvalue weighted by Gasteiger charge is 2.28. The van der Waals surface area contributed by atoms with Crippen LogP contribution in [-0.4, -0.2) is 38.3 Å². The molecule has 0 aliphatic carbocycles. The Kier molecular flexibility index (Phi) is 4.71. The van der Waals surface area contributed by atoms with Gasteiger partial charge in [-0.2, -0.15) is 18.3 Å². The Bertz CT molecular complexity index is 1180. The van der Waals surface area contributed by atoms with Crippen LogP contribution < -0.4 is 5.32 Å². The van der Waals surface area contributed by atoms with Crippen molar-refractivity contribution in [3.63, 3.8) is 0 Å². The number of phenolic OH excluding ortho intramolecular Hbond substituents is 1. The predicted octanol–water partition coefficient (Wildman–Crippen LogP) is 4.12. The van der Waals surface area contributed by atoms with Crippen molar-refractivity contribution >= 4 is 22.9 Å². The summed E-state index contributed by atoms with van der Waals surface area (Å²) in [5.41, 5.74) is 3.51. The van der Waals surface area contributed by atoms with Crippen LogP contribution in [0.1, 0.15) is 9.67 Å². The fourth-order valence-electron chi connectivity index (χ4n) is 2.75. The first-order valence-electron chi connectivity index (χ1n) is 8.37. The molecule has 6 nitrogen and oxygen atoms in total. The predicted molar refractivity (Wildman–Crippen MR) is 102 cm³/mol. The number of hydrogen-bond acceptors (Lipinski definition) is 5. The van der Waals surface area contributed by atoms with E-state index in [0.717, 1.165) is 22.5 Å². The number of carbonyl (C=O) groups excluding carboxylic acids is 1. The van der Waals surface area contributed by atoms with Crippen LogP contribution in [0.3, 0.4) is 0 Å². The van der Waals surface area contributed by atoms with E-state index in [1.807, 2.05) is 5.32 Å². The first kappa shape index (κ1) is 18.9. The Morgan fingerprint density at radius 2 is 1.90 bits per heavy atom. The van der Waals surface area contributed by atoms with Gasteiger partial charge in [0.15, 0.2) is 5.65 Å². The molecule has 3 aromatic heterocycles. The van der Waals surface area contributed by atoms with Gasteiger partial charge in [0.2, 0.25) is 0 Å². The van der Waals surface area contributed by atoms with Gasteiger partial charge >= 0.3 is 6.18 Å². The van der Waals surface area contributed by atoms with E-state index < -0.39 is 18.6 Å². The fourth-order valence-corrected chi connectivity index (χ4v) is 3.57. The van der Waals surface area contributed by atoms with E-state index in [-0.39, 0.29) is 10.6 Å². The number of amides is 1. The van der Waals surface area contributed by atoms with Gasteiger partial charge in [-0.25, -0.2) is 9.50 Å². The lowest BCUT2D eigenvalue weighted by molar-refractivity contribution is -0.123. The van der Waals surface area contributed by atoms with Gasteiger partial charge in [0, 0.05) is 23.5 Å². The summed E-state index contributed by atoms with van der Waals surface area (Å²) in [6.45, 7) is -1.38. The highest BCUT2D eigenvalue weighted by Crippen LogP contribution is 2.29. The number of phenols is 1. The number of hydrogen-bond donors (Lipinski definition) is 2. The van der Waals surface area contributed by atoms with E-state index in [2.05, 4.69) is 10.1 Å². The summed E-state index contributed by atoms with van der Waals surface area (Å²) < 4.78 is 38.4. The minimum absolute atomic E-state index is 0.164. The minimum Gasteiger partial charge on any atom is -0.508 e. The number of fused-ring (bicyclic) bond motifs is 1. The van der Waals surface area contributed by atoms with Crippen LogP contribution in [0.15, 0.2) is 54.3 Å². The lowest BCUT2D eigenvalue weighted by Gasteiger charge is -2.06. The van der Waals surface area contributed by atoms with Crippen LogP contribution in [0, 0.1) is 0 Å². The molecule has 3 heterocycles. The third-order valence-electron chi connectivity index (χ3n) is 4.14. The molecule has 4 rings (SSSR count).